The van der Waals surface area contributed by atoms with Gasteiger partial charge >= 0.3 is 0 Å². The lowest BCUT2D eigenvalue weighted by Gasteiger charge is -2.16. The summed E-state index contributed by atoms with van der Waals surface area (Å²) in [6.07, 6.45) is 2.27. The molecule has 1 aliphatic rings. The monoisotopic (exact) mass is 315 g/mol. The average molecular weight is 315 g/mol. The van der Waals surface area contributed by atoms with Crippen molar-refractivity contribution in [2.45, 2.75) is 31.8 Å². The molecule has 5 N–H and O–H groups in total. The van der Waals surface area contributed by atoms with Gasteiger partial charge in [0.25, 0.3) is 5.91 Å². The number of para-hydroxylation sites is 1. The van der Waals surface area contributed by atoms with Gasteiger partial charge in [0.2, 0.25) is 5.91 Å². The van der Waals surface area contributed by atoms with E-state index in [2.05, 4.69) is 20.8 Å². The summed E-state index contributed by atoms with van der Waals surface area (Å²) in [5.74, 6) is -0.0958. The van der Waals surface area contributed by atoms with Crippen LogP contribution >= 0.6 is 0 Å². The zero-order valence-corrected chi connectivity index (χ0v) is 13.0. The van der Waals surface area contributed by atoms with E-state index in [9.17, 15) is 9.59 Å². The number of amides is 2. The lowest BCUT2D eigenvalue weighted by Crippen LogP contribution is -2.48. The van der Waals surface area contributed by atoms with Crippen molar-refractivity contribution in [3.05, 3.63) is 30.0 Å². The predicted molar refractivity (Wildman–Crippen MR) is 86.7 cm³/mol. The van der Waals surface area contributed by atoms with Crippen molar-refractivity contribution in [3.63, 3.8) is 0 Å². The van der Waals surface area contributed by atoms with Crippen LogP contribution in [0, 0.1) is 5.92 Å². The summed E-state index contributed by atoms with van der Waals surface area (Å²) in [6.45, 7) is 2.08. The summed E-state index contributed by atoms with van der Waals surface area (Å²) in [5.41, 5.74) is 7.02. The molecule has 0 spiro atoms. The van der Waals surface area contributed by atoms with Gasteiger partial charge in [0.15, 0.2) is 5.69 Å². The number of carbonyl (C=O) groups is 2. The first-order valence-corrected chi connectivity index (χ1v) is 7.83. The van der Waals surface area contributed by atoms with E-state index in [4.69, 9.17) is 5.73 Å². The maximum absolute atomic E-state index is 12.3. The van der Waals surface area contributed by atoms with E-state index < -0.39 is 6.04 Å². The summed E-state index contributed by atoms with van der Waals surface area (Å²) in [5, 5.41) is 13.0. The Kier molecular flexibility index (Phi) is 4.29. The molecule has 7 nitrogen and oxygen atoms in total. The van der Waals surface area contributed by atoms with Crippen LogP contribution in [-0.2, 0) is 4.79 Å². The largest absolute Gasteiger partial charge is 0.353 e. The van der Waals surface area contributed by atoms with Crippen LogP contribution in [0.1, 0.15) is 30.3 Å². The van der Waals surface area contributed by atoms with Crippen molar-refractivity contribution in [1.82, 2.24) is 20.8 Å². The molecular formula is C16H21N5O2. The number of carbonyl (C=O) groups excluding carboxylic acids is 2. The second kappa shape index (κ2) is 6.37. The van der Waals surface area contributed by atoms with Gasteiger partial charge in [-0.15, -0.1) is 0 Å². The lowest BCUT2D eigenvalue weighted by atomic mass is 10.2. The molecule has 2 unspecified atom stereocenters. The molecule has 122 valence electrons. The van der Waals surface area contributed by atoms with Crippen LogP contribution in [0.5, 0.6) is 0 Å². The Balaban J connectivity index is 1.57. The molecule has 2 amide bonds. The van der Waals surface area contributed by atoms with E-state index in [-0.39, 0.29) is 23.6 Å². The van der Waals surface area contributed by atoms with E-state index in [1.807, 2.05) is 24.3 Å². The van der Waals surface area contributed by atoms with E-state index in [0.29, 0.717) is 12.5 Å². The van der Waals surface area contributed by atoms with Gasteiger partial charge in [0.1, 0.15) is 6.04 Å². The smallest absolute Gasteiger partial charge is 0.273 e. The second-order valence-electron chi connectivity index (χ2n) is 6.06. The molecule has 1 fully saturated rings. The van der Waals surface area contributed by atoms with Crippen LogP contribution in [0.2, 0.25) is 0 Å². The summed E-state index contributed by atoms with van der Waals surface area (Å²) in [7, 11) is 0. The third-order valence-corrected chi connectivity index (χ3v) is 4.17. The van der Waals surface area contributed by atoms with Crippen LogP contribution < -0.4 is 16.4 Å². The molecule has 0 radical (unpaired) electrons. The summed E-state index contributed by atoms with van der Waals surface area (Å²) >= 11 is 0. The van der Waals surface area contributed by atoms with Crippen molar-refractivity contribution in [2.24, 2.45) is 11.7 Å². The SMILES string of the molecule is CC(NC(=O)c1n[nH]c2ccccc12)C(=O)NCC(N)C1CC1. The molecular weight excluding hydrogens is 294 g/mol. The number of benzene rings is 1. The fourth-order valence-corrected chi connectivity index (χ4v) is 2.53. The van der Waals surface area contributed by atoms with Gasteiger partial charge in [-0.05, 0) is 31.7 Å². The molecule has 0 aliphatic heterocycles. The Bertz CT molecular complexity index is 722. The molecule has 0 bridgehead atoms. The average Bonchev–Trinajstić information content (AvgIpc) is 3.31. The van der Waals surface area contributed by atoms with Gasteiger partial charge in [0.05, 0.1) is 5.52 Å². The van der Waals surface area contributed by atoms with Gasteiger partial charge in [-0.2, -0.15) is 5.10 Å². The molecule has 1 aliphatic carbocycles. The van der Waals surface area contributed by atoms with E-state index in [1.54, 1.807) is 6.92 Å². The zero-order chi connectivity index (χ0) is 16.4. The van der Waals surface area contributed by atoms with Gasteiger partial charge < -0.3 is 16.4 Å². The van der Waals surface area contributed by atoms with E-state index in [1.165, 1.54) is 0 Å². The van der Waals surface area contributed by atoms with Crippen molar-refractivity contribution in [2.75, 3.05) is 6.54 Å². The first-order chi connectivity index (χ1) is 11.1. The number of hydrogen-bond donors (Lipinski definition) is 4. The summed E-state index contributed by atoms with van der Waals surface area (Å²) in [6, 6.07) is 6.70. The van der Waals surface area contributed by atoms with Gasteiger partial charge in [0, 0.05) is 18.0 Å². The molecule has 23 heavy (non-hydrogen) atoms. The Labute approximate surface area is 134 Å². The minimum Gasteiger partial charge on any atom is -0.353 e. The molecule has 1 aromatic heterocycles. The Morgan fingerprint density at radius 3 is 2.87 bits per heavy atom. The summed E-state index contributed by atoms with van der Waals surface area (Å²) in [4.78, 5) is 24.3. The van der Waals surface area contributed by atoms with Crippen LogP contribution in [0.3, 0.4) is 0 Å². The Morgan fingerprint density at radius 2 is 2.13 bits per heavy atom. The molecule has 1 heterocycles. The van der Waals surface area contributed by atoms with Crippen molar-refractivity contribution in [1.29, 1.82) is 0 Å². The van der Waals surface area contributed by atoms with Crippen molar-refractivity contribution >= 4 is 22.7 Å². The highest BCUT2D eigenvalue weighted by atomic mass is 16.2. The van der Waals surface area contributed by atoms with Crippen LogP contribution in [0.15, 0.2) is 24.3 Å². The highest BCUT2D eigenvalue weighted by Crippen LogP contribution is 2.31. The van der Waals surface area contributed by atoms with E-state index >= 15 is 0 Å². The zero-order valence-electron chi connectivity index (χ0n) is 13.0. The van der Waals surface area contributed by atoms with Crippen LogP contribution in [0.4, 0.5) is 0 Å². The summed E-state index contributed by atoms with van der Waals surface area (Å²) < 4.78 is 0. The molecule has 1 saturated carbocycles. The number of H-pyrrole nitrogens is 1. The van der Waals surface area contributed by atoms with Crippen LogP contribution in [0.25, 0.3) is 10.9 Å². The quantitative estimate of drug-likeness (QED) is 0.623. The highest BCUT2D eigenvalue weighted by Gasteiger charge is 2.29. The van der Waals surface area contributed by atoms with Crippen molar-refractivity contribution < 1.29 is 9.59 Å². The maximum atomic E-state index is 12.3. The number of nitrogens with zero attached hydrogens (tertiary/aromatic N) is 1. The van der Waals surface area contributed by atoms with Crippen LogP contribution in [-0.4, -0.2) is 40.6 Å². The number of nitrogens with one attached hydrogen (secondary N) is 3. The van der Waals surface area contributed by atoms with Gasteiger partial charge in [-0.25, -0.2) is 0 Å². The van der Waals surface area contributed by atoms with E-state index in [0.717, 1.165) is 23.7 Å². The molecule has 1 aromatic carbocycles. The third kappa shape index (κ3) is 3.50. The molecule has 2 atom stereocenters. The fourth-order valence-electron chi connectivity index (χ4n) is 2.53. The number of fused-ring (bicyclic) bond motifs is 1. The third-order valence-electron chi connectivity index (χ3n) is 4.17. The maximum Gasteiger partial charge on any atom is 0.273 e. The molecule has 3 rings (SSSR count). The second-order valence-corrected chi connectivity index (χ2v) is 6.06. The van der Waals surface area contributed by atoms with Gasteiger partial charge in [-0.1, -0.05) is 18.2 Å². The number of nitrogens with two attached hydrogens (primary N) is 1. The topological polar surface area (TPSA) is 113 Å². The number of hydrogen-bond acceptors (Lipinski definition) is 4. The first kappa shape index (κ1) is 15.5. The number of aromatic nitrogens is 2. The molecule has 7 heteroatoms. The fraction of sp³-hybridized carbons (Fsp3) is 0.438. The van der Waals surface area contributed by atoms with Crippen molar-refractivity contribution in [3.8, 4) is 0 Å². The molecule has 2 aromatic rings. The highest BCUT2D eigenvalue weighted by molar-refractivity contribution is 6.05. The Hall–Kier alpha value is -2.41. The standard InChI is InChI=1S/C16H21N5O2/c1-9(15(22)18-8-12(17)10-6-7-10)19-16(23)14-11-4-2-3-5-13(11)20-21-14/h2-5,9-10,12H,6-8,17H2,1H3,(H,18,22)(H,19,23)(H,20,21). The predicted octanol–water partition coefficient (Wildman–Crippen LogP) is 0.535. The minimum absolute atomic E-state index is 0.00265. The number of rotatable bonds is 6. The normalized spacial score (nSPS) is 16.8. The number of aromatic amines is 1. The Morgan fingerprint density at radius 1 is 1.39 bits per heavy atom. The minimum atomic E-state index is -0.649. The molecule has 0 saturated heterocycles. The lowest BCUT2D eigenvalue weighted by molar-refractivity contribution is -0.122. The first-order valence-electron chi connectivity index (χ1n) is 7.83. The van der Waals surface area contributed by atoms with Gasteiger partial charge in [-0.3, -0.25) is 14.7 Å².